The van der Waals surface area contributed by atoms with Gasteiger partial charge in [-0.25, -0.2) is 9.78 Å². The minimum atomic E-state index is -0.440. The van der Waals surface area contributed by atoms with E-state index in [0.717, 1.165) is 30.8 Å². The van der Waals surface area contributed by atoms with E-state index in [9.17, 15) is 9.90 Å². The van der Waals surface area contributed by atoms with E-state index in [4.69, 9.17) is 0 Å². The molecule has 0 unspecified atom stereocenters. The van der Waals surface area contributed by atoms with E-state index in [0.29, 0.717) is 13.1 Å². The molecule has 1 aromatic carbocycles. The first-order valence-corrected chi connectivity index (χ1v) is 8.74. The number of aryl methyl sites for hydroxylation is 1. The van der Waals surface area contributed by atoms with Gasteiger partial charge in [-0.3, -0.25) is 0 Å². The zero-order chi connectivity index (χ0) is 17.9. The fraction of sp³-hybridized carbons (Fsp3) is 0.474. The molecule has 3 rings (SSSR count). The Morgan fingerprint density at radius 1 is 1.40 bits per heavy atom. The number of rotatable bonds is 5. The third-order valence-corrected chi connectivity index (χ3v) is 5.05. The highest BCUT2D eigenvalue weighted by atomic mass is 16.3. The lowest BCUT2D eigenvalue weighted by Gasteiger charge is -2.33. The average molecular weight is 342 g/mol. The van der Waals surface area contributed by atoms with E-state index in [1.54, 1.807) is 11.1 Å². The lowest BCUT2D eigenvalue weighted by atomic mass is 10.0. The van der Waals surface area contributed by atoms with Gasteiger partial charge in [0.05, 0.1) is 12.1 Å². The van der Waals surface area contributed by atoms with Crippen molar-refractivity contribution in [2.45, 2.75) is 45.3 Å². The molecule has 134 valence electrons. The molecule has 2 heterocycles. The Bertz CT molecular complexity index is 743. The number of aliphatic hydroxyl groups excluding tert-OH is 1. The monoisotopic (exact) mass is 342 g/mol. The van der Waals surface area contributed by atoms with Crippen LogP contribution >= 0.6 is 0 Å². The number of likely N-dealkylation sites (tertiary alicyclic amines) is 1. The molecular formula is C19H26N4O2. The van der Waals surface area contributed by atoms with E-state index < -0.39 is 5.54 Å². The largest absolute Gasteiger partial charge is 0.394 e. The Morgan fingerprint density at radius 3 is 2.92 bits per heavy atom. The second-order valence-corrected chi connectivity index (χ2v) is 6.99. The van der Waals surface area contributed by atoms with Gasteiger partial charge in [-0.2, -0.15) is 0 Å². The van der Waals surface area contributed by atoms with Crippen molar-refractivity contribution in [2.75, 3.05) is 13.2 Å². The first kappa shape index (κ1) is 17.5. The van der Waals surface area contributed by atoms with Crippen LogP contribution in [0.25, 0.3) is 0 Å². The number of nitrogens with zero attached hydrogens (tertiary/aromatic N) is 3. The van der Waals surface area contributed by atoms with Gasteiger partial charge < -0.3 is 19.9 Å². The van der Waals surface area contributed by atoms with Crippen LogP contribution in [0.4, 0.5) is 4.79 Å². The summed E-state index contributed by atoms with van der Waals surface area (Å²) in [6.07, 6.45) is 5.54. The van der Waals surface area contributed by atoms with E-state index in [1.807, 2.05) is 32.2 Å². The molecule has 1 aliphatic rings. The molecule has 0 spiro atoms. The molecule has 1 aliphatic heterocycles. The Hall–Kier alpha value is -2.34. The average Bonchev–Trinajstić information content (AvgIpc) is 3.20. The van der Waals surface area contributed by atoms with Gasteiger partial charge in [-0.05, 0) is 37.8 Å². The fourth-order valence-corrected chi connectivity index (χ4v) is 3.41. The van der Waals surface area contributed by atoms with Crippen LogP contribution in [0.5, 0.6) is 0 Å². The topological polar surface area (TPSA) is 70.4 Å². The number of hydrogen-bond acceptors (Lipinski definition) is 3. The van der Waals surface area contributed by atoms with Crippen LogP contribution in [0, 0.1) is 6.92 Å². The summed E-state index contributed by atoms with van der Waals surface area (Å²) in [6.45, 7) is 5.87. The number of benzene rings is 1. The van der Waals surface area contributed by atoms with Crippen LogP contribution in [0.1, 0.15) is 36.7 Å². The summed E-state index contributed by atoms with van der Waals surface area (Å²) in [5, 5.41) is 12.6. The highest BCUT2D eigenvalue weighted by Gasteiger charge is 2.38. The van der Waals surface area contributed by atoms with E-state index in [1.165, 1.54) is 5.56 Å². The molecule has 2 aromatic rings. The zero-order valence-electron chi connectivity index (χ0n) is 14.9. The minimum absolute atomic E-state index is 0.000161. The Kier molecular flexibility index (Phi) is 5.08. The summed E-state index contributed by atoms with van der Waals surface area (Å²) in [7, 11) is 0. The molecule has 1 atom stereocenters. The molecule has 1 saturated heterocycles. The van der Waals surface area contributed by atoms with Crippen LogP contribution in [-0.4, -0.2) is 44.3 Å². The third-order valence-electron chi connectivity index (χ3n) is 5.05. The third kappa shape index (κ3) is 3.85. The lowest BCUT2D eigenvalue weighted by molar-refractivity contribution is 0.0973. The number of urea groups is 1. The second kappa shape index (κ2) is 7.27. The maximum Gasteiger partial charge on any atom is 0.318 e. The molecule has 2 N–H and O–H groups in total. The first-order valence-electron chi connectivity index (χ1n) is 8.74. The summed E-state index contributed by atoms with van der Waals surface area (Å²) >= 11 is 0. The second-order valence-electron chi connectivity index (χ2n) is 6.99. The van der Waals surface area contributed by atoms with Crippen molar-refractivity contribution in [2.24, 2.45) is 0 Å². The van der Waals surface area contributed by atoms with Crippen molar-refractivity contribution in [1.29, 1.82) is 0 Å². The molecule has 2 amide bonds. The molecule has 6 heteroatoms. The van der Waals surface area contributed by atoms with Gasteiger partial charge in [0.1, 0.15) is 5.82 Å². The number of imidazole rings is 1. The number of nitrogens with one attached hydrogen (secondary N) is 1. The van der Waals surface area contributed by atoms with Gasteiger partial charge in [0, 0.05) is 32.0 Å². The molecular weight excluding hydrogens is 316 g/mol. The van der Waals surface area contributed by atoms with E-state index >= 15 is 0 Å². The number of hydrogen-bond donors (Lipinski definition) is 2. The molecule has 1 aromatic heterocycles. The maximum absolute atomic E-state index is 12.5. The van der Waals surface area contributed by atoms with Crippen molar-refractivity contribution in [3.05, 3.63) is 53.6 Å². The molecule has 0 aliphatic carbocycles. The summed E-state index contributed by atoms with van der Waals surface area (Å²) in [6, 6.07) is 8.10. The summed E-state index contributed by atoms with van der Waals surface area (Å²) in [5.41, 5.74) is 1.80. The van der Waals surface area contributed by atoms with Gasteiger partial charge in [0.25, 0.3) is 0 Å². The lowest BCUT2D eigenvalue weighted by Crippen LogP contribution is -2.51. The van der Waals surface area contributed by atoms with Gasteiger partial charge in [-0.1, -0.05) is 24.3 Å². The van der Waals surface area contributed by atoms with Crippen LogP contribution in [0.2, 0.25) is 0 Å². The quantitative estimate of drug-likeness (QED) is 0.876. The van der Waals surface area contributed by atoms with Gasteiger partial charge >= 0.3 is 6.03 Å². The first-order chi connectivity index (χ1) is 12.0. The van der Waals surface area contributed by atoms with E-state index in [-0.39, 0.29) is 12.6 Å². The van der Waals surface area contributed by atoms with Crippen LogP contribution in [0.3, 0.4) is 0 Å². The predicted molar refractivity (Wildman–Crippen MR) is 96.2 cm³/mol. The van der Waals surface area contributed by atoms with Gasteiger partial charge in [0.15, 0.2) is 0 Å². The van der Waals surface area contributed by atoms with Crippen molar-refractivity contribution < 1.29 is 9.90 Å². The van der Waals surface area contributed by atoms with Crippen LogP contribution < -0.4 is 5.32 Å². The number of aliphatic hydroxyl groups is 1. The Balaban J connectivity index is 1.61. The van der Waals surface area contributed by atoms with Crippen LogP contribution in [-0.2, 0) is 13.1 Å². The summed E-state index contributed by atoms with van der Waals surface area (Å²) in [4.78, 5) is 18.5. The van der Waals surface area contributed by atoms with Gasteiger partial charge in [0.2, 0.25) is 0 Å². The molecule has 1 fully saturated rings. The zero-order valence-corrected chi connectivity index (χ0v) is 14.9. The van der Waals surface area contributed by atoms with E-state index in [2.05, 4.69) is 27.0 Å². The standard InChI is InChI=1S/C19H26N4O2/c1-15-20-8-10-22(15)13-17-6-3-5-16(11-17)12-21-18(25)23-9-4-7-19(23,2)14-24/h3,5-6,8,10-11,24H,4,7,9,12-14H2,1-2H3,(H,21,25)/t19-/m1/s1. The van der Waals surface area contributed by atoms with Crippen molar-refractivity contribution in [1.82, 2.24) is 19.8 Å². The molecule has 25 heavy (non-hydrogen) atoms. The highest BCUT2D eigenvalue weighted by molar-refractivity contribution is 5.75. The molecule has 6 nitrogen and oxygen atoms in total. The maximum atomic E-state index is 12.5. The van der Waals surface area contributed by atoms with Crippen molar-refractivity contribution in [3.63, 3.8) is 0 Å². The highest BCUT2D eigenvalue weighted by Crippen LogP contribution is 2.28. The minimum Gasteiger partial charge on any atom is -0.394 e. The number of carbonyl (C=O) groups is 1. The number of carbonyl (C=O) groups excluding carboxylic acids is 1. The Labute approximate surface area is 148 Å². The predicted octanol–water partition coefficient (Wildman–Crippen LogP) is 2.30. The molecule has 0 bridgehead atoms. The number of aromatic nitrogens is 2. The van der Waals surface area contributed by atoms with Crippen LogP contribution in [0.15, 0.2) is 36.7 Å². The molecule has 0 saturated carbocycles. The number of amides is 2. The van der Waals surface area contributed by atoms with Crippen molar-refractivity contribution in [3.8, 4) is 0 Å². The van der Waals surface area contributed by atoms with Crippen molar-refractivity contribution >= 4 is 6.03 Å². The summed E-state index contributed by atoms with van der Waals surface area (Å²) in [5.74, 6) is 0.982. The Morgan fingerprint density at radius 2 is 2.20 bits per heavy atom. The SMILES string of the molecule is Cc1nccn1Cc1cccc(CNC(=O)N2CCC[C@]2(C)CO)c1. The smallest absolute Gasteiger partial charge is 0.318 e. The molecule has 0 radical (unpaired) electrons. The normalized spacial score (nSPS) is 20.0. The fourth-order valence-electron chi connectivity index (χ4n) is 3.41. The summed E-state index contributed by atoms with van der Waals surface area (Å²) < 4.78 is 2.09. The van der Waals surface area contributed by atoms with Gasteiger partial charge in [-0.15, -0.1) is 0 Å².